The summed E-state index contributed by atoms with van der Waals surface area (Å²) in [6.07, 6.45) is -1.23. The van der Waals surface area contributed by atoms with E-state index in [9.17, 15) is 13.2 Å². The normalized spacial score (nSPS) is 12.4. The number of benzene rings is 1. The van der Waals surface area contributed by atoms with Crippen LogP contribution in [0.3, 0.4) is 0 Å². The van der Waals surface area contributed by atoms with Crippen LogP contribution in [0.4, 0.5) is 13.2 Å². The second-order valence-electron chi connectivity index (χ2n) is 6.10. The lowest BCUT2D eigenvalue weighted by Crippen LogP contribution is -2.16. The first-order chi connectivity index (χ1) is 12.3. The van der Waals surface area contributed by atoms with Crippen LogP contribution >= 0.6 is 0 Å². The minimum atomic E-state index is -4.56. The van der Waals surface area contributed by atoms with Gasteiger partial charge in [-0.15, -0.1) is 0 Å². The van der Waals surface area contributed by atoms with Gasteiger partial charge in [-0.25, -0.2) is 9.97 Å². The maximum absolute atomic E-state index is 13.5. The predicted octanol–water partition coefficient (Wildman–Crippen LogP) is 4.12. The molecule has 0 radical (unpaired) electrons. The third-order valence-electron chi connectivity index (χ3n) is 4.01. The fraction of sp³-hybridized carbons (Fsp3) is 0.263. The molecule has 3 rings (SSSR count). The fourth-order valence-corrected chi connectivity index (χ4v) is 2.87. The van der Waals surface area contributed by atoms with E-state index in [0.717, 1.165) is 10.1 Å². The number of alkyl halides is 3. The Bertz CT molecular complexity index is 957. The number of aliphatic hydroxyl groups is 1. The van der Waals surface area contributed by atoms with Crippen molar-refractivity contribution in [2.75, 3.05) is 6.61 Å². The zero-order valence-electron chi connectivity index (χ0n) is 14.4. The molecule has 0 aliphatic rings. The average Bonchev–Trinajstić information content (AvgIpc) is 2.93. The van der Waals surface area contributed by atoms with Gasteiger partial charge in [-0.05, 0) is 36.6 Å². The van der Waals surface area contributed by atoms with Crippen molar-refractivity contribution in [1.29, 1.82) is 0 Å². The first-order valence-electron chi connectivity index (χ1n) is 8.07. The van der Waals surface area contributed by atoms with E-state index in [-0.39, 0.29) is 24.3 Å². The van der Waals surface area contributed by atoms with Gasteiger partial charge in [0.05, 0.1) is 13.2 Å². The molecule has 1 N–H and O–H groups in total. The van der Waals surface area contributed by atoms with Crippen LogP contribution in [-0.4, -0.2) is 26.2 Å². The molecule has 0 atom stereocenters. The van der Waals surface area contributed by atoms with Gasteiger partial charge < -0.3 is 9.67 Å². The van der Waals surface area contributed by atoms with Gasteiger partial charge in [0.2, 0.25) is 5.82 Å². The number of aryl methyl sites for hydroxylation is 2. The second-order valence-corrected chi connectivity index (χ2v) is 6.10. The Kier molecular flexibility index (Phi) is 4.82. The quantitative estimate of drug-likeness (QED) is 0.760. The minimum Gasteiger partial charge on any atom is -0.392 e. The van der Waals surface area contributed by atoms with Crippen molar-refractivity contribution in [3.63, 3.8) is 0 Å². The number of fused-ring (bicyclic) bond motifs is 1. The Balaban J connectivity index is 2.07. The Morgan fingerprint density at radius 3 is 2.42 bits per heavy atom. The topological polar surface area (TPSA) is 50.9 Å². The van der Waals surface area contributed by atoms with Crippen LogP contribution < -0.4 is 0 Å². The molecule has 0 saturated heterocycles. The summed E-state index contributed by atoms with van der Waals surface area (Å²) >= 11 is 0. The molecule has 0 spiro atoms. The molecule has 0 amide bonds. The van der Waals surface area contributed by atoms with Gasteiger partial charge >= 0.3 is 6.18 Å². The Labute approximate surface area is 148 Å². The highest BCUT2D eigenvalue weighted by Gasteiger charge is 2.38. The number of hydrogen-bond acceptors (Lipinski definition) is 3. The van der Waals surface area contributed by atoms with E-state index in [0.29, 0.717) is 16.8 Å². The van der Waals surface area contributed by atoms with Crippen LogP contribution in [0, 0.1) is 13.8 Å². The molecule has 0 unspecified atom stereocenters. The third kappa shape index (κ3) is 3.62. The number of aliphatic hydroxyl groups excluding tert-OH is 1. The van der Waals surface area contributed by atoms with E-state index >= 15 is 0 Å². The van der Waals surface area contributed by atoms with Gasteiger partial charge in [-0.2, -0.15) is 13.2 Å². The lowest BCUT2D eigenvalue weighted by atomic mass is 10.1. The van der Waals surface area contributed by atoms with Crippen LogP contribution in [-0.2, 0) is 12.7 Å². The Morgan fingerprint density at radius 2 is 1.81 bits per heavy atom. The van der Waals surface area contributed by atoms with Gasteiger partial charge in [0.1, 0.15) is 5.52 Å². The number of imidazole rings is 1. The van der Waals surface area contributed by atoms with E-state index in [1.165, 1.54) is 0 Å². The number of hydrogen-bond donors (Lipinski definition) is 1. The number of rotatable bonds is 4. The molecule has 0 bridgehead atoms. The molecule has 2 heterocycles. The predicted molar refractivity (Wildman–Crippen MR) is 93.7 cm³/mol. The van der Waals surface area contributed by atoms with Crippen molar-refractivity contribution < 1.29 is 18.3 Å². The summed E-state index contributed by atoms with van der Waals surface area (Å²) in [5.74, 6) is -0.946. The summed E-state index contributed by atoms with van der Waals surface area (Å²) in [7, 11) is 0. The Hall–Kier alpha value is -2.67. The molecule has 3 aromatic rings. The summed E-state index contributed by atoms with van der Waals surface area (Å²) < 4.78 is 41.6. The monoisotopic (exact) mass is 361 g/mol. The summed E-state index contributed by atoms with van der Waals surface area (Å²) in [4.78, 5) is 8.10. The van der Waals surface area contributed by atoms with Crippen LogP contribution in [0.25, 0.3) is 17.2 Å². The van der Waals surface area contributed by atoms with Crippen LogP contribution in [0.1, 0.15) is 28.2 Å². The number of aromatic nitrogens is 3. The molecule has 4 nitrogen and oxygen atoms in total. The molecular weight excluding hydrogens is 343 g/mol. The van der Waals surface area contributed by atoms with Crippen molar-refractivity contribution in [1.82, 2.24) is 14.5 Å². The van der Waals surface area contributed by atoms with E-state index in [2.05, 4.69) is 9.97 Å². The molecule has 0 aliphatic heterocycles. The molecule has 2 aromatic heterocycles. The lowest BCUT2D eigenvalue weighted by Gasteiger charge is -2.11. The molecule has 26 heavy (non-hydrogen) atoms. The zero-order valence-corrected chi connectivity index (χ0v) is 14.4. The highest BCUT2D eigenvalue weighted by atomic mass is 19.4. The van der Waals surface area contributed by atoms with Crippen LogP contribution in [0.5, 0.6) is 0 Å². The summed E-state index contributed by atoms with van der Waals surface area (Å²) in [6.45, 7) is 3.43. The van der Waals surface area contributed by atoms with Gasteiger partial charge in [-0.1, -0.05) is 36.4 Å². The molecule has 0 fully saturated rings. The highest BCUT2D eigenvalue weighted by molar-refractivity contribution is 5.76. The standard InChI is InChI=1S/C19H18F3N3O/c1-12-10-13(2)23-17-16(12)24-18(19(20,21)22)25(17)11-15-7-5-14(6-8-15)4-3-9-26/h3-8,10,26H,9,11H2,1-2H3. The second kappa shape index (κ2) is 6.92. The smallest absolute Gasteiger partial charge is 0.392 e. The minimum absolute atomic E-state index is 0.0191. The summed E-state index contributed by atoms with van der Waals surface area (Å²) in [5, 5.41) is 8.79. The molecule has 0 saturated carbocycles. The van der Waals surface area contributed by atoms with E-state index in [1.54, 1.807) is 56.3 Å². The van der Waals surface area contributed by atoms with Crippen molar-refractivity contribution in [3.8, 4) is 0 Å². The highest BCUT2D eigenvalue weighted by Crippen LogP contribution is 2.32. The van der Waals surface area contributed by atoms with Crippen LogP contribution in [0.15, 0.2) is 36.4 Å². The number of pyridine rings is 1. The first kappa shape index (κ1) is 18.1. The Morgan fingerprint density at radius 1 is 1.12 bits per heavy atom. The number of nitrogens with zero attached hydrogens (tertiary/aromatic N) is 3. The fourth-order valence-electron chi connectivity index (χ4n) is 2.87. The van der Waals surface area contributed by atoms with Gasteiger partial charge in [0, 0.05) is 5.69 Å². The summed E-state index contributed by atoms with van der Waals surface area (Å²) in [6, 6.07) is 8.81. The molecule has 7 heteroatoms. The van der Waals surface area contributed by atoms with E-state index in [1.807, 2.05) is 0 Å². The molecule has 136 valence electrons. The number of halogens is 3. The zero-order chi connectivity index (χ0) is 18.9. The van der Waals surface area contributed by atoms with Crippen molar-refractivity contribution in [2.24, 2.45) is 0 Å². The molecule has 0 aliphatic carbocycles. The van der Waals surface area contributed by atoms with E-state index in [4.69, 9.17) is 5.11 Å². The van der Waals surface area contributed by atoms with Gasteiger partial charge in [-0.3, -0.25) is 0 Å². The van der Waals surface area contributed by atoms with Crippen molar-refractivity contribution >= 4 is 17.2 Å². The van der Waals surface area contributed by atoms with Crippen LogP contribution in [0.2, 0.25) is 0 Å². The molecule has 1 aromatic carbocycles. The van der Waals surface area contributed by atoms with Gasteiger partial charge in [0.25, 0.3) is 0 Å². The molecular formula is C19H18F3N3O. The van der Waals surface area contributed by atoms with Crippen molar-refractivity contribution in [2.45, 2.75) is 26.6 Å². The first-order valence-corrected chi connectivity index (χ1v) is 8.07. The lowest BCUT2D eigenvalue weighted by molar-refractivity contribution is -0.146. The largest absolute Gasteiger partial charge is 0.449 e. The summed E-state index contributed by atoms with van der Waals surface area (Å²) in [5.41, 5.74) is 3.39. The van der Waals surface area contributed by atoms with E-state index < -0.39 is 12.0 Å². The SMILES string of the molecule is Cc1cc(C)c2nc(C(F)(F)F)n(Cc3ccc(C=CCO)cc3)c2n1. The maximum atomic E-state index is 13.5. The maximum Gasteiger partial charge on any atom is 0.449 e. The van der Waals surface area contributed by atoms with Crippen molar-refractivity contribution in [3.05, 3.63) is 64.6 Å². The third-order valence-corrected chi connectivity index (χ3v) is 4.01. The van der Waals surface area contributed by atoms with Gasteiger partial charge in [0.15, 0.2) is 5.65 Å². The average molecular weight is 361 g/mol.